The van der Waals surface area contributed by atoms with E-state index in [-0.39, 0.29) is 11.6 Å². The van der Waals surface area contributed by atoms with Crippen LogP contribution in [-0.2, 0) is 6.54 Å². The van der Waals surface area contributed by atoms with Gasteiger partial charge in [0.1, 0.15) is 23.6 Å². The molecular formula is C20H19ClN4O2. The Labute approximate surface area is 162 Å². The number of rotatable bonds is 7. The first-order valence-corrected chi connectivity index (χ1v) is 8.87. The van der Waals surface area contributed by atoms with E-state index in [9.17, 15) is 4.79 Å². The van der Waals surface area contributed by atoms with Gasteiger partial charge in [-0.15, -0.1) is 0 Å². The smallest absolute Gasteiger partial charge is 0.274 e. The third-order valence-corrected chi connectivity index (χ3v) is 4.11. The number of benzene rings is 2. The summed E-state index contributed by atoms with van der Waals surface area (Å²) in [4.78, 5) is 20.6. The molecule has 0 radical (unpaired) electrons. The van der Waals surface area contributed by atoms with Crippen molar-refractivity contribution in [3.63, 3.8) is 0 Å². The topological polar surface area (TPSA) is 76.1 Å². The molecule has 2 N–H and O–H groups in total. The van der Waals surface area contributed by atoms with Gasteiger partial charge in [-0.2, -0.15) is 0 Å². The van der Waals surface area contributed by atoms with Gasteiger partial charge in [-0.25, -0.2) is 9.97 Å². The van der Waals surface area contributed by atoms with Crippen molar-refractivity contribution >= 4 is 29.0 Å². The first kappa shape index (κ1) is 18.7. The molecule has 7 heteroatoms. The van der Waals surface area contributed by atoms with Crippen molar-refractivity contribution in [3.05, 3.63) is 77.2 Å². The largest absolute Gasteiger partial charge is 0.494 e. The Hall–Kier alpha value is -3.12. The second-order valence-electron chi connectivity index (χ2n) is 5.64. The lowest BCUT2D eigenvalue weighted by Crippen LogP contribution is -2.14. The molecule has 138 valence electrons. The Morgan fingerprint density at radius 3 is 2.63 bits per heavy atom. The molecule has 3 rings (SSSR count). The maximum absolute atomic E-state index is 12.4. The molecule has 0 aliphatic rings. The van der Waals surface area contributed by atoms with Gasteiger partial charge in [-0.3, -0.25) is 4.79 Å². The number of nitrogens with zero attached hydrogens (tertiary/aromatic N) is 2. The van der Waals surface area contributed by atoms with E-state index in [1.54, 1.807) is 30.3 Å². The van der Waals surface area contributed by atoms with E-state index < -0.39 is 0 Å². The zero-order valence-corrected chi connectivity index (χ0v) is 15.5. The molecule has 0 aliphatic heterocycles. The van der Waals surface area contributed by atoms with Crippen LogP contribution in [0.1, 0.15) is 23.0 Å². The summed E-state index contributed by atoms with van der Waals surface area (Å²) in [5.41, 5.74) is 1.87. The van der Waals surface area contributed by atoms with Crippen LogP contribution >= 0.6 is 11.6 Å². The van der Waals surface area contributed by atoms with Crippen LogP contribution < -0.4 is 15.4 Å². The summed E-state index contributed by atoms with van der Waals surface area (Å²) in [5.74, 6) is 0.979. The first-order valence-electron chi connectivity index (χ1n) is 8.49. The van der Waals surface area contributed by atoms with Crippen molar-refractivity contribution in [3.8, 4) is 5.75 Å². The maximum atomic E-state index is 12.4. The van der Waals surface area contributed by atoms with Crippen molar-refractivity contribution in [2.45, 2.75) is 13.5 Å². The van der Waals surface area contributed by atoms with E-state index in [4.69, 9.17) is 16.3 Å². The number of carbonyl (C=O) groups excluding carboxylic acids is 1. The second kappa shape index (κ2) is 9.00. The van der Waals surface area contributed by atoms with Crippen molar-refractivity contribution in [1.82, 2.24) is 9.97 Å². The Bertz CT molecular complexity index is 916. The van der Waals surface area contributed by atoms with Gasteiger partial charge in [-0.1, -0.05) is 29.8 Å². The number of anilines is 2. The Kier molecular flexibility index (Phi) is 6.22. The molecule has 0 fully saturated rings. The van der Waals surface area contributed by atoms with Crippen LogP contribution in [0.15, 0.2) is 60.9 Å². The van der Waals surface area contributed by atoms with Gasteiger partial charge >= 0.3 is 0 Å². The van der Waals surface area contributed by atoms with Crippen molar-refractivity contribution in [1.29, 1.82) is 0 Å². The predicted molar refractivity (Wildman–Crippen MR) is 106 cm³/mol. The molecule has 2 aromatic carbocycles. The standard InChI is InChI=1S/C20H19ClN4O2/c1-2-27-16-9-7-15(8-10-16)25-20(26)18-11-19(24-13-23-18)22-12-14-5-3-4-6-17(14)21/h3-11,13H,2,12H2,1H3,(H,25,26)(H,22,23,24). The lowest BCUT2D eigenvalue weighted by atomic mass is 10.2. The molecule has 3 aromatic rings. The minimum atomic E-state index is -0.317. The van der Waals surface area contributed by atoms with Gasteiger partial charge in [0.25, 0.3) is 5.91 Å². The third-order valence-electron chi connectivity index (χ3n) is 3.74. The van der Waals surface area contributed by atoms with Crippen LogP contribution in [0.3, 0.4) is 0 Å². The molecule has 0 aliphatic carbocycles. The van der Waals surface area contributed by atoms with Crippen LogP contribution in [-0.4, -0.2) is 22.5 Å². The average Bonchev–Trinajstić information content (AvgIpc) is 2.69. The highest BCUT2D eigenvalue weighted by atomic mass is 35.5. The molecule has 0 spiro atoms. The Balaban J connectivity index is 1.63. The molecule has 27 heavy (non-hydrogen) atoms. The fraction of sp³-hybridized carbons (Fsp3) is 0.150. The lowest BCUT2D eigenvalue weighted by molar-refractivity contribution is 0.102. The van der Waals surface area contributed by atoms with E-state index in [0.717, 1.165) is 11.3 Å². The molecule has 1 amide bonds. The molecule has 1 heterocycles. The fourth-order valence-electron chi connectivity index (χ4n) is 2.40. The minimum Gasteiger partial charge on any atom is -0.494 e. The third kappa shape index (κ3) is 5.18. The summed E-state index contributed by atoms with van der Waals surface area (Å²) in [7, 11) is 0. The quantitative estimate of drug-likeness (QED) is 0.633. The minimum absolute atomic E-state index is 0.264. The number of aromatic nitrogens is 2. The average molecular weight is 383 g/mol. The normalized spacial score (nSPS) is 10.3. The second-order valence-corrected chi connectivity index (χ2v) is 6.05. The van der Waals surface area contributed by atoms with Gasteiger partial charge in [0.2, 0.25) is 0 Å². The van der Waals surface area contributed by atoms with Crippen LogP contribution in [0.2, 0.25) is 5.02 Å². The Morgan fingerprint density at radius 2 is 1.89 bits per heavy atom. The number of halogens is 1. The van der Waals surface area contributed by atoms with Crippen LogP contribution in [0.5, 0.6) is 5.75 Å². The number of carbonyl (C=O) groups is 1. The van der Waals surface area contributed by atoms with Crippen LogP contribution in [0, 0.1) is 0 Å². The summed E-state index contributed by atoms with van der Waals surface area (Å²) < 4.78 is 5.39. The maximum Gasteiger partial charge on any atom is 0.274 e. The predicted octanol–water partition coefficient (Wildman–Crippen LogP) is 4.39. The van der Waals surface area contributed by atoms with Crippen molar-refractivity contribution < 1.29 is 9.53 Å². The van der Waals surface area contributed by atoms with Gasteiger partial charge in [0, 0.05) is 23.3 Å². The number of nitrogens with one attached hydrogen (secondary N) is 2. The molecule has 0 bridgehead atoms. The fourth-order valence-corrected chi connectivity index (χ4v) is 2.60. The Morgan fingerprint density at radius 1 is 1.11 bits per heavy atom. The van der Waals surface area contributed by atoms with E-state index in [1.165, 1.54) is 6.33 Å². The van der Waals surface area contributed by atoms with Gasteiger partial charge in [-0.05, 0) is 42.8 Å². The number of amides is 1. The van der Waals surface area contributed by atoms with E-state index >= 15 is 0 Å². The zero-order valence-electron chi connectivity index (χ0n) is 14.8. The van der Waals surface area contributed by atoms with Crippen LogP contribution in [0.4, 0.5) is 11.5 Å². The summed E-state index contributed by atoms with van der Waals surface area (Å²) in [6, 6.07) is 16.3. The van der Waals surface area contributed by atoms with Gasteiger partial charge < -0.3 is 15.4 Å². The molecule has 6 nitrogen and oxygen atoms in total. The van der Waals surface area contributed by atoms with Gasteiger partial charge in [0.05, 0.1) is 6.61 Å². The molecule has 0 unspecified atom stereocenters. The van der Waals surface area contributed by atoms with E-state index in [0.29, 0.717) is 29.7 Å². The summed E-state index contributed by atoms with van der Waals surface area (Å²) in [6.07, 6.45) is 1.35. The molecular weight excluding hydrogens is 364 g/mol. The molecule has 0 saturated heterocycles. The van der Waals surface area contributed by atoms with Crippen LogP contribution in [0.25, 0.3) is 0 Å². The summed E-state index contributed by atoms with van der Waals surface area (Å²) in [5, 5.41) is 6.63. The van der Waals surface area contributed by atoms with Crippen molar-refractivity contribution in [2.24, 2.45) is 0 Å². The molecule has 0 atom stereocenters. The number of ether oxygens (including phenoxy) is 1. The summed E-state index contributed by atoms with van der Waals surface area (Å²) >= 11 is 6.15. The van der Waals surface area contributed by atoms with E-state index in [1.807, 2.05) is 31.2 Å². The van der Waals surface area contributed by atoms with Crippen molar-refractivity contribution in [2.75, 3.05) is 17.2 Å². The highest BCUT2D eigenvalue weighted by Crippen LogP contribution is 2.18. The van der Waals surface area contributed by atoms with Gasteiger partial charge in [0.15, 0.2) is 0 Å². The highest BCUT2D eigenvalue weighted by Gasteiger charge is 2.10. The summed E-state index contributed by atoms with van der Waals surface area (Å²) in [6.45, 7) is 3.01. The lowest BCUT2D eigenvalue weighted by Gasteiger charge is -2.09. The molecule has 0 saturated carbocycles. The number of hydrogen-bond donors (Lipinski definition) is 2. The van der Waals surface area contributed by atoms with E-state index in [2.05, 4.69) is 20.6 Å². The first-order chi connectivity index (χ1) is 13.2. The SMILES string of the molecule is CCOc1ccc(NC(=O)c2cc(NCc3ccccc3Cl)ncn2)cc1. The highest BCUT2D eigenvalue weighted by molar-refractivity contribution is 6.31. The number of hydrogen-bond acceptors (Lipinski definition) is 5. The monoisotopic (exact) mass is 382 g/mol. The zero-order chi connectivity index (χ0) is 19.1. The molecule has 1 aromatic heterocycles.